The van der Waals surface area contributed by atoms with Gasteiger partial charge in [0.25, 0.3) is 11.8 Å². The molecule has 2 aliphatic rings. The van der Waals surface area contributed by atoms with Crippen LogP contribution in [0.2, 0.25) is 5.02 Å². The minimum absolute atomic E-state index is 0.236. The number of hydrogen-bond acceptors (Lipinski definition) is 6. The number of nitrogens with one attached hydrogen (secondary N) is 1. The molecule has 34 heavy (non-hydrogen) atoms. The zero-order valence-corrected chi connectivity index (χ0v) is 20.2. The van der Waals surface area contributed by atoms with Crippen LogP contribution in [-0.4, -0.2) is 64.6 Å². The van der Waals surface area contributed by atoms with Crippen molar-refractivity contribution in [2.24, 2.45) is 5.92 Å². The maximum atomic E-state index is 12.8. The van der Waals surface area contributed by atoms with Gasteiger partial charge in [-0.25, -0.2) is 0 Å². The predicted octanol–water partition coefficient (Wildman–Crippen LogP) is 2.62. The van der Waals surface area contributed by atoms with Gasteiger partial charge in [0.1, 0.15) is 0 Å². The molecular weight excluding hydrogens is 474 g/mol. The Morgan fingerprint density at radius 3 is 2.56 bits per heavy atom. The molecular formula is C25H28ClN3O4S. The molecule has 1 fully saturated rings. The summed E-state index contributed by atoms with van der Waals surface area (Å²) in [6.07, 6.45) is -0.0481. The van der Waals surface area contributed by atoms with Crippen molar-refractivity contribution >= 4 is 40.9 Å². The lowest BCUT2D eigenvalue weighted by Crippen LogP contribution is -2.53. The maximum Gasteiger partial charge on any atom is 0.273 e. The maximum absolute atomic E-state index is 12.8. The number of benzene rings is 2. The van der Waals surface area contributed by atoms with Crippen molar-refractivity contribution in [3.8, 4) is 0 Å². The number of thioether (sulfide) groups is 1. The second-order valence-electron chi connectivity index (χ2n) is 8.38. The van der Waals surface area contributed by atoms with Gasteiger partial charge in [0.2, 0.25) is 0 Å². The number of aliphatic hydroxyl groups excluding tert-OH is 2. The third-order valence-corrected chi connectivity index (χ3v) is 7.56. The number of para-hydroxylation sites is 1. The van der Waals surface area contributed by atoms with Gasteiger partial charge in [-0.2, -0.15) is 0 Å². The van der Waals surface area contributed by atoms with E-state index in [1.165, 1.54) is 5.01 Å². The minimum atomic E-state index is -1.85. The highest BCUT2D eigenvalue weighted by Crippen LogP contribution is 2.32. The third-order valence-electron chi connectivity index (χ3n) is 5.94. The van der Waals surface area contributed by atoms with Gasteiger partial charge < -0.3 is 15.5 Å². The Kier molecular flexibility index (Phi) is 8.15. The van der Waals surface area contributed by atoms with Crippen LogP contribution in [0, 0.1) is 5.92 Å². The monoisotopic (exact) mass is 501 g/mol. The topological polar surface area (TPSA) is 93.1 Å². The number of carbonyl (C=O) groups is 2. The van der Waals surface area contributed by atoms with Crippen LogP contribution >= 0.6 is 23.4 Å². The zero-order valence-electron chi connectivity index (χ0n) is 18.6. The van der Waals surface area contributed by atoms with Crippen LogP contribution in [0.5, 0.6) is 0 Å². The summed E-state index contributed by atoms with van der Waals surface area (Å²) in [6.45, 7) is 1.27. The number of nitrogens with zero attached hydrogens (tertiary/aromatic N) is 2. The van der Waals surface area contributed by atoms with E-state index in [-0.39, 0.29) is 6.54 Å². The van der Waals surface area contributed by atoms with Gasteiger partial charge in [0, 0.05) is 35.3 Å². The van der Waals surface area contributed by atoms with E-state index >= 15 is 0 Å². The van der Waals surface area contributed by atoms with Crippen molar-refractivity contribution in [2.75, 3.05) is 30.4 Å². The van der Waals surface area contributed by atoms with E-state index in [1.807, 2.05) is 54.6 Å². The Labute approximate surface area is 208 Å². The van der Waals surface area contributed by atoms with E-state index in [0.717, 1.165) is 39.8 Å². The average molecular weight is 502 g/mol. The molecule has 180 valence electrons. The lowest BCUT2D eigenvalue weighted by Gasteiger charge is -2.32. The van der Waals surface area contributed by atoms with Crippen LogP contribution in [0.3, 0.4) is 0 Å². The fraction of sp³-hybridized carbons (Fsp3) is 0.360. The summed E-state index contributed by atoms with van der Waals surface area (Å²) >= 11 is 7.89. The van der Waals surface area contributed by atoms with Crippen molar-refractivity contribution in [3.05, 3.63) is 76.2 Å². The molecule has 0 radical (unpaired) electrons. The predicted molar refractivity (Wildman–Crippen MR) is 134 cm³/mol. The average Bonchev–Trinajstić information content (AvgIpc) is 3.53. The molecule has 2 aliphatic heterocycles. The number of halogens is 1. The van der Waals surface area contributed by atoms with Crippen molar-refractivity contribution in [2.45, 2.75) is 25.0 Å². The SMILES string of the molecule is O=C(NCC1=CC(Cc2ccccc2Cl)CS1)[C@H](O)[C@@H](O)C(=O)N1CCCN1c1ccccc1. The highest BCUT2D eigenvalue weighted by molar-refractivity contribution is 8.03. The lowest BCUT2D eigenvalue weighted by atomic mass is 10.0. The first-order valence-corrected chi connectivity index (χ1v) is 12.6. The fourth-order valence-corrected chi connectivity index (χ4v) is 5.48. The van der Waals surface area contributed by atoms with Crippen LogP contribution in [-0.2, 0) is 16.0 Å². The van der Waals surface area contributed by atoms with E-state index in [4.69, 9.17) is 11.6 Å². The summed E-state index contributed by atoms with van der Waals surface area (Å²) in [6, 6.07) is 17.1. The number of anilines is 1. The van der Waals surface area contributed by atoms with Crippen molar-refractivity contribution in [1.29, 1.82) is 0 Å². The van der Waals surface area contributed by atoms with E-state index in [0.29, 0.717) is 19.0 Å². The summed E-state index contributed by atoms with van der Waals surface area (Å²) in [5.74, 6) is -0.293. The van der Waals surface area contributed by atoms with Crippen LogP contribution in [0.25, 0.3) is 0 Å². The Balaban J connectivity index is 1.29. The molecule has 0 aromatic heterocycles. The Morgan fingerprint density at radius 1 is 1.06 bits per heavy atom. The highest BCUT2D eigenvalue weighted by Gasteiger charge is 2.37. The lowest BCUT2D eigenvalue weighted by molar-refractivity contribution is -0.152. The smallest absolute Gasteiger partial charge is 0.273 e. The molecule has 3 N–H and O–H groups in total. The van der Waals surface area contributed by atoms with Gasteiger partial charge in [-0.15, -0.1) is 11.8 Å². The van der Waals surface area contributed by atoms with Crippen LogP contribution in [0.1, 0.15) is 12.0 Å². The summed E-state index contributed by atoms with van der Waals surface area (Å²) in [5, 5.41) is 27.3. The van der Waals surface area contributed by atoms with Gasteiger partial charge in [0.15, 0.2) is 12.2 Å². The van der Waals surface area contributed by atoms with E-state index in [9.17, 15) is 19.8 Å². The normalized spacial score (nSPS) is 19.6. The molecule has 9 heteroatoms. The summed E-state index contributed by atoms with van der Waals surface area (Å²) in [7, 11) is 0. The number of aliphatic hydroxyl groups is 2. The zero-order chi connectivity index (χ0) is 24.1. The number of carbonyl (C=O) groups excluding carboxylic acids is 2. The number of hydrogen-bond donors (Lipinski definition) is 3. The van der Waals surface area contributed by atoms with Crippen molar-refractivity contribution in [1.82, 2.24) is 10.3 Å². The molecule has 3 atom stereocenters. The molecule has 7 nitrogen and oxygen atoms in total. The second kappa shape index (κ2) is 11.3. The van der Waals surface area contributed by atoms with E-state index < -0.39 is 24.0 Å². The van der Waals surface area contributed by atoms with Crippen molar-refractivity contribution in [3.63, 3.8) is 0 Å². The molecule has 1 unspecified atom stereocenters. The molecule has 0 bridgehead atoms. The van der Waals surface area contributed by atoms with Gasteiger partial charge in [-0.05, 0) is 42.5 Å². The first kappa shape index (κ1) is 24.6. The Bertz CT molecular complexity index is 1050. The molecule has 2 aromatic rings. The highest BCUT2D eigenvalue weighted by atomic mass is 35.5. The number of amides is 2. The molecule has 2 amide bonds. The number of rotatable bonds is 8. The molecule has 0 saturated carbocycles. The first-order chi connectivity index (χ1) is 16.4. The summed E-state index contributed by atoms with van der Waals surface area (Å²) in [4.78, 5) is 26.3. The molecule has 2 heterocycles. The van der Waals surface area contributed by atoms with E-state index in [2.05, 4.69) is 11.4 Å². The van der Waals surface area contributed by atoms with E-state index in [1.54, 1.807) is 16.8 Å². The molecule has 0 aliphatic carbocycles. The first-order valence-electron chi connectivity index (χ1n) is 11.3. The second-order valence-corrected chi connectivity index (χ2v) is 9.93. The van der Waals surface area contributed by atoms with Gasteiger partial charge >= 0.3 is 0 Å². The van der Waals surface area contributed by atoms with Gasteiger partial charge in [-0.3, -0.25) is 19.6 Å². The summed E-state index contributed by atoms with van der Waals surface area (Å²) in [5.41, 5.74) is 1.90. The fourth-order valence-electron chi connectivity index (χ4n) is 4.17. The Morgan fingerprint density at radius 2 is 1.79 bits per heavy atom. The molecule has 2 aromatic carbocycles. The van der Waals surface area contributed by atoms with Gasteiger partial charge in [-0.1, -0.05) is 54.1 Å². The molecule has 0 spiro atoms. The molecule has 4 rings (SSSR count). The standard InChI is InChI=1S/C25H28ClN3O4S/c26-21-10-5-4-7-18(21)13-17-14-20(34-16-17)15-27-24(32)22(30)23(31)25(33)29-12-6-11-28(29)19-8-2-1-3-9-19/h1-5,7-10,14,17,22-23,30-31H,6,11-13,15-16H2,(H,27,32)/t17?,22-,23-/m1/s1. The Hall–Kier alpha value is -2.52. The van der Waals surface area contributed by atoms with Gasteiger partial charge in [0.05, 0.1) is 5.69 Å². The van der Waals surface area contributed by atoms with Crippen molar-refractivity contribution < 1.29 is 19.8 Å². The minimum Gasteiger partial charge on any atom is -0.380 e. The van der Waals surface area contributed by atoms with Crippen LogP contribution in [0.4, 0.5) is 5.69 Å². The third kappa shape index (κ3) is 5.75. The molecule has 1 saturated heterocycles. The quantitative estimate of drug-likeness (QED) is 0.515. The number of hydrazine groups is 1. The number of allylic oxidation sites excluding steroid dienone is 1. The summed E-state index contributed by atoms with van der Waals surface area (Å²) < 4.78 is 0. The largest absolute Gasteiger partial charge is 0.380 e. The van der Waals surface area contributed by atoms with Crippen LogP contribution in [0.15, 0.2) is 65.6 Å². The van der Waals surface area contributed by atoms with Crippen LogP contribution < -0.4 is 10.3 Å².